The second kappa shape index (κ2) is 5.81. The van der Waals surface area contributed by atoms with Gasteiger partial charge in [0.25, 0.3) is 0 Å². The standard InChI is InChI=1S/C12H20ClN3O2S/c1-10(2)12-4-3-6-16(12)19(17,18)11-8-14-15(9-11)7-5-13/h8-10,12H,3-7H2,1-2H3. The van der Waals surface area contributed by atoms with Gasteiger partial charge in [0, 0.05) is 24.7 Å². The largest absolute Gasteiger partial charge is 0.270 e. The first-order valence-corrected chi connectivity index (χ1v) is 8.54. The summed E-state index contributed by atoms with van der Waals surface area (Å²) in [6.07, 6.45) is 4.84. The van der Waals surface area contributed by atoms with Gasteiger partial charge in [-0.1, -0.05) is 13.8 Å². The molecule has 0 amide bonds. The maximum atomic E-state index is 12.6. The van der Waals surface area contributed by atoms with Crippen molar-refractivity contribution in [3.63, 3.8) is 0 Å². The lowest BCUT2D eigenvalue weighted by Gasteiger charge is -2.26. The highest BCUT2D eigenvalue weighted by Gasteiger charge is 2.37. The normalized spacial score (nSPS) is 21.4. The zero-order valence-electron chi connectivity index (χ0n) is 11.3. The molecule has 0 aliphatic carbocycles. The summed E-state index contributed by atoms with van der Waals surface area (Å²) < 4.78 is 28.4. The van der Waals surface area contributed by atoms with Crippen LogP contribution in [-0.2, 0) is 16.6 Å². The van der Waals surface area contributed by atoms with Crippen LogP contribution in [0.15, 0.2) is 17.3 Å². The van der Waals surface area contributed by atoms with Gasteiger partial charge in [0.2, 0.25) is 10.0 Å². The van der Waals surface area contributed by atoms with E-state index in [0.29, 0.717) is 24.9 Å². The molecule has 19 heavy (non-hydrogen) atoms. The van der Waals surface area contributed by atoms with Gasteiger partial charge in [-0.3, -0.25) is 4.68 Å². The molecule has 1 fully saturated rings. The zero-order chi connectivity index (χ0) is 14.0. The van der Waals surface area contributed by atoms with Crippen molar-refractivity contribution < 1.29 is 8.42 Å². The molecule has 1 unspecified atom stereocenters. The van der Waals surface area contributed by atoms with Crippen molar-refractivity contribution in [1.82, 2.24) is 14.1 Å². The molecule has 7 heteroatoms. The van der Waals surface area contributed by atoms with E-state index in [4.69, 9.17) is 11.6 Å². The number of sulfonamides is 1. The molecule has 1 saturated heterocycles. The third-order valence-electron chi connectivity index (χ3n) is 3.55. The van der Waals surface area contributed by atoms with Crippen LogP contribution in [0.5, 0.6) is 0 Å². The highest BCUT2D eigenvalue weighted by atomic mass is 35.5. The van der Waals surface area contributed by atoms with E-state index in [2.05, 4.69) is 18.9 Å². The Morgan fingerprint density at radius 2 is 2.26 bits per heavy atom. The van der Waals surface area contributed by atoms with Crippen LogP contribution in [0.4, 0.5) is 0 Å². The molecule has 5 nitrogen and oxygen atoms in total. The summed E-state index contributed by atoms with van der Waals surface area (Å²) >= 11 is 5.63. The predicted octanol–water partition coefficient (Wildman–Crippen LogP) is 1.93. The lowest BCUT2D eigenvalue weighted by molar-refractivity contribution is 0.315. The molecule has 1 aliphatic rings. The lowest BCUT2D eigenvalue weighted by Crippen LogP contribution is -2.38. The van der Waals surface area contributed by atoms with Gasteiger partial charge in [0.15, 0.2) is 0 Å². The number of aromatic nitrogens is 2. The first-order valence-electron chi connectivity index (χ1n) is 6.57. The van der Waals surface area contributed by atoms with Crippen molar-refractivity contribution in [3.05, 3.63) is 12.4 Å². The summed E-state index contributed by atoms with van der Waals surface area (Å²) in [5, 5.41) is 4.04. The maximum absolute atomic E-state index is 12.6. The molecular formula is C12H20ClN3O2S. The van der Waals surface area contributed by atoms with Crippen molar-refractivity contribution in [3.8, 4) is 0 Å². The zero-order valence-corrected chi connectivity index (χ0v) is 12.9. The van der Waals surface area contributed by atoms with Gasteiger partial charge in [0.1, 0.15) is 4.90 Å². The minimum Gasteiger partial charge on any atom is -0.270 e. The molecule has 1 aliphatic heterocycles. The summed E-state index contributed by atoms with van der Waals surface area (Å²) in [5.74, 6) is 0.745. The molecule has 0 spiro atoms. The Hall–Kier alpha value is -0.590. The molecule has 2 heterocycles. The summed E-state index contributed by atoms with van der Waals surface area (Å²) in [5.41, 5.74) is 0. The third-order valence-corrected chi connectivity index (χ3v) is 5.59. The molecule has 0 N–H and O–H groups in total. The fraction of sp³-hybridized carbons (Fsp3) is 0.750. The number of alkyl halides is 1. The molecule has 1 aromatic rings. The molecule has 1 atom stereocenters. The average molecular weight is 306 g/mol. The van der Waals surface area contributed by atoms with Crippen molar-refractivity contribution in [2.45, 2.75) is 44.2 Å². The second-order valence-corrected chi connectivity index (χ2v) is 7.47. The van der Waals surface area contributed by atoms with Crippen LogP contribution < -0.4 is 0 Å². The topological polar surface area (TPSA) is 55.2 Å². The highest BCUT2D eigenvalue weighted by Crippen LogP contribution is 2.29. The SMILES string of the molecule is CC(C)C1CCCN1S(=O)(=O)c1cnn(CCCl)c1. The summed E-state index contributed by atoms with van der Waals surface area (Å²) in [7, 11) is -3.42. The van der Waals surface area contributed by atoms with Crippen LogP contribution in [0.3, 0.4) is 0 Å². The Labute approximate surface area is 119 Å². The Kier molecular flexibility index (Phi) is 4.53. The third kappa shape index (κ3) is 2.95. The number of rotatable bonds is 5. The molecule has 1 aromatic heterocycles. The lowest BCUT2D eigenvalue weighted by atomic mass is 10.0. The summed E-state index contributed by atoms with van der Waals surface area (Å²) in [4.78, 5) is 0.269. The van der Waals surface area contributed by atoms with Crippen LogP contribution in [0.1, 0.15) is 26.7 Å². The summed E-state index contributed by atoms with van der Waals surface area (Å²) in [6, 6.07) is 0.0985. The fourth-order valence-corrected chi connectivity index (χ4v) is 4.51. The summed E-state index contributed by atoms with van der Waals surface area (Å²) in [6.45, 7) is 5.25. The molecule has 0 bridgehead atoms. The second-order valence-electron chi connectivity index (χ2n) is 5.20. The number of halogens is 1. The van der Waals surface area contributed by atoms with Gasteiger partial charge >= 0.3 is 0 Å². The minimum atomic E-state index is -3.42. The molecule has 2 rings (SSSR count). The maximum Gasteiger partial charge on any atom is 0.246 e. The molecule has 108 valence electrons. The van der Waals surface area contributed by atoms with Crippen molar-refractivity contribution >= 4 is 21.6 Å². The van der Waals surface area contributed by atoms with E-state index in [1.54, 1.807) is 15.2 Å². The van der Waals surface area contributed by atoms with E-state index in [9.17, 15) is 8.42 Å². The van der Waals surface area contributed by atoms with Gasteiger partial charge in [-0.2, -0.15) is 9.40 Å². The minimum absolute atomic E-state index is 0.0985. The number of aryl methyl sites for hydroxylation is 1. The van der Waals surface area contributed by atoms with Crippen LogP contribution >= 0.6 is 11.6 Å². The Bertz CT molecular complexity index is 527. The monoisotopic (exact) mass is 305 g/mol. The van der Waals surface area contributed by atoms with Gasteiger partial charge in [-0.15, -0.1) is 11.6 Å². The van der Waals surface area contributed by atoms with E-state index >= 15 is 0 Å². The van der Waals surface area contributed by atoms with Crippen molar-refractivity contribution in [2.24, 2.45) is 5.92 Å². The molecule has 0 saturated carbocycles. The van der Waals surface area contributed by atoms with E-state index in [0.717, 1.165) is 12.8 Å². The van der Waals surface area contributed by atoms with Gasteiger partial charge < -0.3 is 0 Å². The van der Waals surface area contributed by atoms with E-state index in [1.165, 1.54) is 6.20 Å². The van der Waals surface area contributed by atoms with Crippen LogP contribution in [0.25, 0.3) is 0 Å². The molecule has 0 radical (unpaired) electrons. The molecular weight excluding hydrogens is 286 g/mol. The van der Waals surface area contributed by atoms with E-state index in [-0.39, 0.29) is 10.9 Å². The van der Waals surface area contributed by atoms with Gasteiger partial charge in [-0.25, -0.2) is 8.42 Å². The number of nitrogens with zero attached hydrogens (tertiary/aromatic N) is 3. The smallest absolute Gasteiger partial charge is 0.246 e. The van der Waals surface area contributed by atoms with Crippen LogP contribution in [-0.4, -0.2) is 41.0 Å². The van der Waals surface area contributed by atoms with Crippen LogP contribution in [0.2, 0.25) is 0 Å². The Morgan fingerprint density at radius 1 is 1.53 bits per heavy atom. The fourth-order valence-electron chi connectivity index (χ4n) is 2.55. The first kappa shape index (κ1) is 14.8. The predicted molar refractivity (Wildman–Crippen MR) is 74.7 cm³/mol. The number of hydrogen-bond acceptors (Lipinski definition) is 3. The quantitative estimate of drug-likeness (QED) is 0.781. The van der Waals surface area contributed by atoms with Gasteiger partial charge in [-0.05, 0) is 18.8 Å². The van der Waals surface area contributed by atoms with Crippen molar-refractivity contribution in [1.29, 1.82) is 0 Å². The molecule has 0 aromatic carbocycles. The Balaban J connectivity index is 2.25. The first-order chi connectivity index (χ1) is 8.96. The Morgan fingerprint density at radius 3 is 2.89 bits per heavy atom. The van der Waals surface area contributed by atoms with E-state index in [1.807, 2.05) is 0 Å². The van der Waals surface area contributed by atoms with Gasteiger partial charge in [0.05, 0.1) is 12.7 Å². The van der Waals surface area contributed by atoms with Crippen LogP contribution in [0, 0.1) is 5.92 Å². The van der Waals surface area contributed by atoms with Crippen molar-refractivity contribution in [2.75, 3.05) is 12.4 Å². The average Bonchev–Trinajstić information content (AvgIpc) is 2.97. The highest BCUT2D eigenvalue weighted by molar-refractivity contribution is 7.89. The van der Waals surface area contributed by atoms with E-state index < -0.39 is 10.0 Å². The number of hydrogen-bond donors (Lipinski definition) is 0.